The van der Waals surface area contributed by atoms with Gasteiger partial charge in [-0.3, -0.25) is 0 Å². The van der Waals surface area contributed by atoms with Crippen LogP contribution in [-0.2, 0) is 6.42 Å². The van der Waals surface area contributed by atoms with Gasteiger partial charge < -0.3 is 21.7 Å². The first-order valence-corrected chi connectivity index (χ1v) is 6.62. The second kappa shape index (κ2) is 6.13. The van der Waals surface area contributed by atoms with Crippen molar-refractivity contribution >= 4 is 23.0 Å². The molecule has 20 heavy (non-hydrogen) atoms. The average Bonchev–Trinajstić information content (AvgIpc) is 2.42. The van der Waals surface area contributed by atoms with Crippen molar-refractivity contribution in [3.63, 3.8) is 0 Å². The molecule has 0 aliphatic rings. The first-order chi connectivity index (χ1) is 9.52. The number of halogens is 1. The lowest BCUT2D eigenvalue weighted by Gasteiger charge is -2.17. The molecule has 0 fully saturated rings. The Labute approximate surface area is 122 Å². The third kappa shape index (κ3) is 3.04. The molecule has 2 aromatic carbocycles. The van der Waals surface area contributed by atoms with Crippen molar-refractivity contribution in [2.24, 2.45) is 0 Å². The first-order valence-electron chi connectivity index (χ1n) is 6.24. The van der Waals surface area contributed by atoms with Gasteiger partial charge >= 0.3 is 0 Å². The molecular weight excluding hydrogens is 276 g/mol. The molecule has 0 amide bonds. The van der Waals surface area contributed by atoms with E-state index in [9.17, 15) is 5.11 Å². The molecule has 0 spiro atoms. The summed E-state index contributed by atoms with van der Waals surface area (Å²) >= 11 is 6.21. The van der Waals surface area contributed by atoms with Crippen LogP contribution in [0.3, 0.4) is 0 Å². The van der Waals surface area contributed by atoms with Crippen molar-refractivity contribution in [3.05, 3.63) is 47.0 Å². The van der Waals surface area contributed by atoms with E-state index < -0.39 is 6.10 Å². The topological polar surface area (TPSA) is 92.5 Å². The third-order valence-corrected chi connectivity index (χ3v) is 3.45. The summed E-state index contributed by atoms with van der Waals surface area (Å²) < 4.78 is 0. The summed E-state index contributed by atoms with van der Waals surface area (Å²) in [6.07, 6.45) is -0.634. The van der Waals surface area contributed by atoms with Crippen LogP contribution >= 0.6 is 11.6 Å². The van der Waals surface area contributed by atoms with E-state index in [1.807, 2.05) is 18.2 Å². The highest BCUT2D eigenvalue weighted by Gasteiger charge is 2.15. The Morgan fingerprint density at radius 3 is 2.45 bits per heavy atom. The minimum atomic E-state index is -0.873. The Morgan fingerprint density at radius 1 is 1.10 bits per heavy atom. The van der Waals surface area contributed by atoms with E-state index in [1.54, 1.807) is 18.2 Å². The van der Waals surface area contributed by atoms with Crippen LogP contribution in [0.4, 0.5) is 11.4 Å². The highest BCUT2D eigenvalue weighted by atomic mass is 35.5. The van der Waals surface area contributed by atoms with Crippen molar-refractivity contribution in [1.29, 1.82) is 0 Å². The predicted molar refractivity (Wildman–Crippen MR) is 82.5 cm³/mol. The standard InChI is InChI=1S/C15H17ClN2O2/c16-14-4-2-1-3-11(14)12-5-9(17)6-15(18)13(12)7-10(20)8-19/h1-6,10,19-20H,7-8,17-18H2. The maximum Gasteiger partial charge on any atom is 0.0812 e. The number of aliphatic hydroxyl groups excluding tert-OH is 2. The maximum absolute atomic E-state index is 9.68. The lowest BCUT2D eigenvalue weighted by atomic mass is 9.93. The fourth-order valence-corrected chi connectivity index (χ4v) is 2.40. The highest BCUT2D eigenvalue weighted by molar-refractivity contribution is 6.33. The van der Waals surface area contributed by atoms with Gasteiger partial charge in [0.2, 0.25) is 0 Å². The molecule has 4 nitrogen and oxygen atoms in total. The van der Waals surface area contributed by atoms with Gasteiger partial charge in [0.05, 0.1) is 12.7 Å². The van der Waals surface area contributed by atoms with Crippen molar-refractivity contribution in [2.45, 2.75) is 12.5 Å². The van der Waals surface area contributed by atoms with E-state index in [-0.39, 0.29) is 13.0 Å². The monoisotopic (exact) mass is 292 g/mol. The Hall–Kier alpha value is -1.75. The molecule has 0 bridgehead atoms. The van der Waals surface area contributed by atoms with Crippen LogP contribution < -0.4 is 11.5 Å². The molecule has 2 aromatic rings. The number of anilines is 2. The fourth-order valence-electron chi connectivity index (χ4n) is 2.17. The van der Waals surface area contributed by atoms with E-state index >= 15 is 0 Å². The summed E-state index contributed by atoms with van der Waals surface area (Å²) in [5.74, 6) is 0. The number of rotatable bonds is 4. The van der Waals surface area contributed by atoms with E-state index in [0.29, 0.717) is 16.4 Å². The number of hydrogen-bond donors (Lipinski definition) is 4. The van der Waals surface area contributed by atoms with Crippen LogP contribution in [-0.4, -0.2) is 22.9 Å². The van der Waals surface area contributed by atoms with Crippen LogP contribution in [0.15, 0.2) is 36.4 Å². The van der Waals surface area contributed by atoms with E-state index in [4.69, 9.17) is 28.2 Å². The number of aliphatic hydroxyl groups is 2. The van der Waals surface area contributed by atoms with Crippen molar-refractivity contribution in [2.75, 3.05) is 18.1 Å². The van der Waals surface area contributed by atoms with Crippen LogP contribution in [0.2, 0.25) is 5.02 Å². The molecule has 1 atom stereocenters. The smallest absolute Gasteiger partial charge is 0.0812 e. The summed E-state index contributed by atoms with van der Waals surface area (Å²) in [6.45, 7) is -0.328. The van der Waals surface area contributed by atoms with E-state index in [0.717, 1.165) is 16.7 Å². The molecule has 0 aromatic heterocycles. The van der Waals surface area contributed by atoms with Crippen LogP contribution in [0.5, 0.6) is 0 Å². The summed E-state index contributed by atoms with van der Waals surface area (Å²) in [5, 5.41) is 19.3. The van der Waals surface area contributed by atoms with Gasteiger partial charge in [0.15, 0.2) is 0 Å². The van der Waals surface area contributed by atoms with Gasteiger partial charge in [-0.05, 0) is 29.3 Å². The SMILES string of the molecule is Nc1cc(N)c(CC(O)CO)c(-c2ccccc2Cl)c1. The molecule has 0 aliphatic heterocycles. The average molecular weight is 293 g/mol. The third-order valence-electron chi connectivity index (χ3n) is 3.12. The largest absolute Gasteiger partial charge is 0.399 e. The van der Waals surface area contributed by atoms with Gasteiger partial charge in [-0.1, -0.05) is 29.8 Å². The van der Waals surface area contributed by atoms with Crippen molar-refractivity contribution < 1.29 is 10.2 Å². The number of hydrogen-bond acceptors (Lipinski definition) is 4. The van der Waals surface area contributed by atoms with Crippen LogP contribution in [0.25, 0.3) is 11.1 Å². The van der Waals surface area contributed by atoms with Gasteiger partial charge in [0.25, 0.3) is 0 Å². The molecular formula is C15H17ClN2O2. The number of nitrogens with two attached hydrogens (primary N) is 2. The second-order valence-corrected chi connectivity index (χ2v) is 5.06. The maximum atomic E-state index is 9.68. The lowest BCUT2D eigenvalue weighted by molar-refractivity contribution is 0.0957. The molecule has 106 valence electrons. The van der Waals surface area contributed by atoms with E-state index in [2.05, 4.69) is 0 Å². The number of benzene rings is 2. The van der Waals surface area contributed by atoms with Gasteiger partial charge in [-0.15, -0.1) is 0 Å². The summed E-state index contributed by atoms with van der Waals surface area (Å²) in [5.41, 5.74) is 15.2. The van der Waals surface area contributed by atoms with E-state index in [1.165, 1.54) is 0 Å². The minimum absolute atomic E-state index is 0.239. The molecule has 1 unspecified atom stereocenters. The highest BCUT2D eigenvalue weighted by Crippen LogP contribution is 2.35. The Kier molecular flexibility index (Phi) is 4.49. The van der Waals surface area contributed by atoms with Gasteiger partial charge in [-0.2, -0.15) is 0 Å². The molecule has 0 saturated carbocycles. The van der Waals surface area contributed by atoms with Crippen molar-refractivity contribution in [1.82, 2.24) is 0 Å². The first kappa shape index (κ1) is 14.7. The fraction of sp³-hybridized carbons (Fsp3) is 0.200. The van der Waals surface area contributed by atoms with Gasteiger partial charge in [-0.25, -0.2) is 0 Å². The molecule has 0 radical (unpaired) electrons. The summed E-state index contributed by atoms with van der Waals surface area (Å²) in [4.78, 5) is 0. The minimum Gasteiger partial charge on any atom is -0.399 e. The lowest BCUT2D eigenvalue weighted by Crippen LogP contribution is -2.17. The zero-order chi connectivity index (χ0) is 14.7. The van der Waals surface area contributed by atoms with Gasteiger partial charge in [0, 0.05) is 28.4 Å². The zero-order valence-electron chi connectivity index (χ0n) is 10.9. The molecule has 6 N–H and O–H groups in total. The van der Waals surface area contributed by atoms with Crippen molar-refractivity contribution in [3.8, 4) is 11.1 Å². The Balaban J connectivity index is 2.59. The van der Waals surface area contributed by atoms with Crippen LogP contribution in [0.1, 0.15) is 5.56 Å². The molecule has 0 aliphatic carbocycles. The quantitative estimate of drug-likeness (QED) is 0.649. The summed E-state index contributed by atoms with van der Waals surface area (Å²) in [6, 6.07) is 10.8. The van der Waals surface area contributed by atoms with Crippen LogP contribution in [0, 0.1) is 0 Å². The molecule has 5 heteroatoms. The normalized spacial score (nSPS) is 12.3. The Morgan fingerprint density at radius 2 is 1.80 bits per heavy atom. The number of nitrogen functional groups attached to an aromatic ring is 2. The second-order valence-electron chi connectivity index (χ2n) is 4.66. The predicted octanol–water partition coefficient (Wildman–Crippen LogP) is 2.07. The molecule has 0 saturated heterocycles. The summed E-state index contributed by atoms with van der Waals surface area (Å²) in [7, 11) is 0. The Bertz CT molecular complexity index is 617. The molecule has 2 rings (SSSR count). The zero-order valence-corrected chi connectivity index (χ0v) is 11.6. The van der Waals surface area contributed by atoms with Gasteiger partial charge in [0.1, 0.15) is 0 Å². The molecule has 0 heterocycles.